The average molecular weight is 439 g/mol. The van der Waals surface area contributed by atoms with Gasteiger partial charge in [0, 0.05) is 36.3 Å². The van der Waals surface area contributed by atoms with Crippen molar-refractivity contribution in [2.75, 3.05) is 25.1 Å². The van der Waals surface area contributed by atoms with E-state index in [-0.39, 0.29) is 0 Å². The van der Waals surface area contributed by atoms with Crippen LogP contribution >= 0.6 is 0 Å². The Bertz CT molecular complexity index is 1220. The molecule has 5 nitrogen and oxygen atoms in total. The summed E-state index contributed by atoms with van der Waals surface area (Å²) in [6.07, 6.45) is 8.42. The molecule has 1 aliphatic heterocycles. The van der Waals surface area contributed by atoms with Gasteiger partial charge >= 0.3 is 0 Å². The molecule has 0 aliphatic carbocycles. The maximum absolute atomic E-state index is 5.22. The third-order valence-electron chi connectivity index (χ3n) is 6.69. The normalized spacial score (nSPS) is 16.2. The predicted octanol–water partition coefficient (Wildman–Crippen LogP) is 5.86. The molecule has 2 aromatic carbocycles. The number of benzene rings is 2. The van der Waals surface area contributed by atoms with E-state index in [4.69, 9.17) is 9.72 Å². The zero-order valence-electron chi connectivity index (χ0n) is 19.4. The van der Waals surface area contributed by atoms with E-state index < -0.39 is 0 Å². The Hall–Kier alpha value is -3.47. The number of aryl methyl sites for hydroxylation is 2. The lowest BCUT2D eigenvalue weighted by atomic mass is 9.91. The van der Waals surface area contributed by atoms with E-state index in [1.54, 1.807) is 13.4 Å². The zero-order valence-corrected chi connectivity index (χ0v) is 19.4. The van der Waals surface area contributed by atoms with Gasteiger partial charge in [0.25, 0.3) is 0 Å². The minimum Gasteiger partial charge on any atom is -0.481 e. The second kappa shape index (κ2) is 9.57. The van der Waals surface area contributed by atoms with Gasteiger partial charge in [-0.15, -0.1) is 0 Å². The summed E-state index contributed by atoms with van der Waals surface area (Å²) in [5.41, 5.74) is 5.80. The van der Waals surface area contributed by atoms with E-state index in [1.807, 2.05) is 12.3 Å². The Kier molecular flexibility index (Phi) is 6.20. The predicted molar refractivity (Wildman–Crippen MR) is 134 cm³/mol. The number of nitrogens with zero attached hydrogens (tertiary/aromatic N) is 4. The van der Waals surface area contributed by atoms with Crippen molar-refractivity contribution in [3.05, 3.63) is 78.2 Å². The van der Waals surface area contributed by atoms with Crippen LogP contribution in [0.15, 0.2) is 67.1 Å². The SMILES string of the molecule is COc1ccc(-c2cc(C)c3ncnc(N4CCC[C@H](CCc5ccccc5)C4)c3c2)cn1. The van der Waals surface area contributed by atoms with Gasteiger partial charge in [0.2, 0.25) is 5.88 Å². The van der Waals surface area contributed by atoms with E-state index in [9.17, 15) is 0 Å². The van der Waals surface area contributed by atoms with Crippen molar-refractivity contribution < 1.29 is 4.74 Å². The van der Waals surface area contributed by atoms with Gasteiger partial charge in [0.1, 0.15) is 12.1 Å². The Labute approximate surface area is 195 Å². The zero-order chi connectivity index (χ0) is 22.6. The molecule has 0 unspecified atom stereocenters. The topological polar surface area (TPSA) is 51.1 Å². The number of aromatic nitrogens is 3. The van der Waals surface area contributed by atoms with Crippen molar-refractivity contribution in [1.29, 1.82) is 0 Å². The van der Waals surface area contributed by atoms with E-state index in [0.717, 1.165) is 52.9 Å². The van der Waals surface area contributed by atoms with Gasteiger partial charge in [-0.1, -0.05) is 30.3 Å². The molecular formula is C28H30N4O. The monoisotopic (exact) mass is 438 g/mol. The first kappa shape index (κ1) is 21.4. The molecule has 4 aromatic rings. The molecule has 168 valence electrons. The second-order valence-corrected chi connectivity index (χ2v) is 8.95. The standard InChI is InChI=1S/C28H30N4O/c1-20-15-24(23-12-13-26(33-2)29-17-23)16-25-27(20)30-19-31-28(25)32-14-6-9-22(18-32)11-10-21-7-4-3-5-8-21/h3-5,7-8,12-13,15-17,19,22H,6,9-11,14,18H2,1-2H3/t22-/m1/s1. The fraction of sp³-hybridized carbons (Fsp3) is 0.321. The van der Waals surface area contributed by atoms with Crippen molar-refractivity contribution in [1.82, 2.24) is 15.0 Å². The number of pyridine rings is 1. The third-order valence-corrected chi connectivity index (χ3v) is 6.69. The molecule has 1 aliphatic rings. The molecule has 1 fully saturated rings. The van der Waals surface area contributed by atoms with Crippen LogP contribution < -0.4 is 9.64 Å². The lowest BCUT2D eigenvalue weighted by Gasteiger charge is -2.34. The summed E-state index contributed by atoms with van der Waals surface area (Å²) in [5.74, 6) is 2.35. The Morgan fingerprint density at radius 1 is 1.00 bits per heavy atom. The lowest BCUT2D eigenvalue weighted by molar-refractivity contribution is 0.390. The smallest absolute Gasteiger partial charge is 0.212 e. The van der Waals surface area contributed by atoms with Crippen LogP contribution in [0.4, 0.5) is 5.82 Å². The van der Waals surface area contributed by atoms with Crippen molar-refractivity contribution in [2.24, 2.45) is 5.92 Å². The molecule has 0 amide bonds. The number of rotatable bonds is 6. The number of hydrogen-bond donors (Lipinski definition) is 0. The second-order valence-electron chi connectivity index (χ2n) is 8.95. The van der Waals surface area contributed by atoms with Crippen LogP contribution in [0.5, 0.6) is 5.88 Å². The van der Waals surface area contributed by atoms with Crippen LogP contribution in [0.3, 0.4) is 0 Å². The Morgan fingerprint density at radius 3 is 2.67 bits per heavy atom. The molecule has 0 spiro atoms. The molecule has 1 atom stereocenters. The van der Waals surface area contributed by atoms with Crippen LogP contribution in [-0.2, 0) is 6.42 Å². The number of ether oxygens (including phenoxy) is 1. The first-order chi connectivity index (χ1) is 16.2. The molecule has 2 aromatic heterocycles. The van der Waals surface area contributed by atoms with Crippen LogP contribution in [0.25, 0.3) is 22.0 Å². The van der Waals surface area contributed by atoms with Crippen LogP contribution in [0.2, 0.25) is 0 Å². The largest absolute Gasteiger partial charge is 0.481 e. The van der Waals surface area contributed by atoms with E-state index in [1.165, 1.54) is 24.8 Å². The molecule has 33 heavy (non-hydrogen) atoms. The maximum Gasteiger partial charge on any atom is 0.212 e. The summed E-state index contributed by atoms with van der Waals surface area (Å²) < 4.78 is 5.22. The number of anilines is 1. The van der Waals surface area contributed by atoms with Crippen molar-refractivity contribution in [2.45, 2.75) is 32.6 Å². The molecule has 1 saturated heterocycles. The first-order valence-corrected chi connectivity index (χ1v) is 11.8. The van der Waals surface area contributed by atoms with Gasteiger partial charge in [-0.3, -0.25) is 0 Å². The molecule has 3 heterocycles. The fourth-order valence-electron chi connectivity index (χ4n) is 4.93. The fourth-order valence-corrected chi connectivity index (χ4v) is 4.93. The van der Waals surface area contributed by atoms with Crippen LogP contribution in [-0.4, -0.2) is 35.2 Å². The lowest BCUT2D eigenvalue weighted by Crippen LogP contribution is -2.36. The Morgan fingerprint density at radius 2 is 1.88 bits per heavy atom. The van der Waals surface area contributed by atoms with Crippen molar-refractivity contribution in [3.63, 3.8) is 0 Å². The molecule has 0 bridgehead atoms. The highest BCUT2D eigenvalue weighted by Crippen LogP contribution is 2.33. The molecule has 0 N–H and O–H groups in total. The van der Waals surface area contributed by atoms with Gasteiger partial charge in [0.05, 0.1) is 12.6 Å². The van der Waals surface area contributed by atoms with E-state index in [2.05, 4.69) is 70.3 Å². The van der Waals surface area contributed by atoms with Crippen LogP contribution in [0.1, 0.15) is 30.4 Å². The van der Waals surface area contributed by atoms with Gasteiger partial charge in [-0.25, -0.2) is 15.0 Å². The summed E-state index contributed by atoms with van der Waals surface area (Å²) in [5, 5.41) is 1.12. The summed E-state index contributed by atoms with van der Waals surface area (Å²) >= 11 is 0. The van der Waals surface area contributed by atoms with Crippen molar-refractivity contribution >= 4 is 16.7 Å². The van der Waals surface area contributed by atoms with Crippen LogP contribution in [0, 0.1) is 12.8 Å². The summed E-state index contributed by atoms with van der Waals surface area (Å²) in [4.78, 5) is 16.2. The highest BCUT2D eigenvalue weighted by atomic mass is 16.5. The summed E-state index contributed by atoms with van der Waals surface area (Å²) in [7, 11) is 1.64. The van der Waals surface area contributed by atoms with Gasteiger partial charge in [-0.2, -0.15) is 0 Å². The quantitative estimate of drug-likeness (QED) is 0.377. The van der Waals surface area contributed by atoms with Crippen molar-refractivity contribution in [3.8, 4) is 17.0 Å². The maximum atomic E-state index is 5.22. The first-order valence-electron chi connectivity index (χ1n) is 11.8. The average Bonchev–Trinajstić information content (AvgIpc) is 2.88. The van der Waals surface area contributed by atoms with Gasteiger partial charge in [-0.05, 0) is 73.4 Å². The molecule has 5 rings (SSSR count). The highest BCUT2D eigenvalue weighted by molar-refractivity contribution is 5.95. The number of hydrogen-bond acceptors (Lipinski definition) is 5. The van der Waals surface area contributed by atoms with Gasteiger partial charge < -0.3 is 9.64 Å². The molecular weight excluding hydrogens is 408 g/mol. The number of piperidine rings is 1. The number of fused-ring (bicyclic) bond motifs is 1. The van der Waals surface area contributed by atoms with E-state index >= 15 is 0 Å². The minimum absolute atomic E-state index is 0.621. The molecule has 5 heteroatoms. The number of methoxy groups -OCH3 is 1. The summed E-state index contributed by atoms with van der Waals surface area (Å²) in [6, 6.07) is 19.2. The Balaban J connectivity index is 1.42. The minimum atomic E-state index is 0.621. The summed E-state index contributed by atoms with van der Waals surface area (Å²) in [6.45, 7) is 4.21. The molecule has 0 radical (unpaired) electrons. The third kappa shape index (κ3) is 4.68. The molecule has 0 saturated carbocycles. The van der Waals surface area contributed by atoms with E-state index in [0.29, 0.717) is 11.8 Å². The highest BCUT2D eigenvalue weighted by Gasteiger charge is 2.23. The van der Waals surface area contributed by atoms with Gasteiger partial charge in [0.15, 0.2) is 0 Å².